The summed E-state index contributed by atoms with van der Waals surface area (Å²) in [7, 11) is 0. The lowest BCUT2D eigenvalue weighted by Crippen LogP contribution is -2.33. The highest BCUT2D eigenvalue weighted by Gasteiger charge is 2.20. The first-order valence-corrected chi connectivity index (χ1v) is 11.2. The second kappa shape index (κ2) is 8.86. The van der Waals surface area contributed by atoms with Gasteiger partial charge >= 0.3 is 5.69 Å². The summed E-state index contributed by atoms with van der Waals surface area (Å²) >= 11 is 0. The van der Waals surface area contributed by atoms with Crippen molar-refractivity contribution in [3.05, 3.63) is 105 Å². The van der Waals surface area contributed by atoms with Crippen molar-refractivity contribution in [2.45, 2.75) is 19.8 Å². The lowest BCUT2D eigenvalue weighted by Gasteiger charge is -2.14. The summed E-state index contributed by atoms with van der Waals surface area (Å²) in [6.07, 6.45) is 3.07. The zero-order valence-corrected chi connectivity index (χ0v) is 18.7. The van der Waals surface area contributed by atoms with Crippen LogP contribution in [0.2, 0.25) is 0 Å². The molecule has 0 atom stereocenters. The van der Waals surface area contributed by atoms with Crippen molar-refractivity contribution in [3.8, 4) is 11.6 Å². The quantitative estimate of drug-likeness (QED) is 0.335. The Kier molecular flexibility index (Phi) is 5.59. The van der Waals surface area contributed by atoms with Crippen LogP contribution in [0.3, 0.4) is 0 Å². The molecule has 0 amide bonds. The molecule has 3 N–H and O–H groups in total. The van der Waals surface area contributed by atoms with Crippen molar-refractivity contribution in [2.24, 2.45) is 4.99 Å². The molecule has 0 aliphatic rings. The van der Waals surface area contributed by atoms with Crippen LogP contribution in [0.15, 0.2) is 87.5 Å². The van der Waals surface area contributed by atoms with Gasteiger partial charge in [0, 0.05) is 29.0 Å². The van der Waals surface area contributed by atoms with Crippen molar-refractivity contribution in [1.29, 1.82) is 0 Å². The van der Waals surface area contributed by atoms with Gasteiger partial charge in [0.2, 0.25) is 5.88 Å². The van der Waals surface area contributed by atoms with Crippen LogP contribution in [0.1, 0.15) is 24.5 Å². The number of hydrogen-bond acceptors (Lipinski definition) is 4. The lowest BCUT2D eigenvalue weighted by atomic mass is 10.1. The number of nitrogens with one attached hydrogen (secondary N) is 2. The molecule has 0 spiro atoms. The number of aliphatic imine (C=N–C) groups is 1. The van der Waals surface area contributed by atoms with Crippen LogP contribution in [0.25, 0.3) is 27.4 Å². The first-order valence-electron chi connectivity index (χ1n) is 11.2. The third-order valence-electron chi connectivity index (χ3n) is 6.08. The smallest absolute Gasteiger partial charge is 0.335 e. The van der Waals surface area contributed by atoms with Gasteiger partial charge in [-0.15, -0.1) is 0 Å². The molecule has 34 heavy (non-hydrogen) atoms. The minimum atomic E-state index is -0.697. The van der Waals surface area contributed by atoms with Crippen LogP contribution in [0.5, 0.6) is 5.88 Å². The van der Waals surface area contributed by atoms with E-state index in [1.165, 1.54) is 0 Å². The molecule has 5 aromatic rings. The Balaban J connectivity index is 1.56. The van der Waals surface area contributed by atoms with Gasteiger partial charge in [-0.25, -0.2) is 9.36 Å². The molecule has 3 aromatic carbocycles. The lowest BCUT2D eigenvalue weighted by molar-refractivity contribution is 0.430. The summed E-state index contributed by atoms with van der Waals surface area (Å²) in [4.78, 5) is 35.8. The molecule has 7 heteroatoms. The van der Waals surface area contributed by atoms with Crippen molar-refractivity contribution in [3.63, 3.8) is 0 Å². The normalized spacial score (nSPS) is 12.0. The van der Waals surface area contributed by atoms with E-state index in [2.05, 4.69) is 21.0 Å². The number of para-hydroxylation sites is 1. The predicted octanol–water partition coefficient (Wildman–Crippen LogP) is 4.31. The Hall–Kier alpha value is -4.39. The van der Waals surface area contributed by atoms with Crippen LogP contribution < -0.4 is 11.2 Å². The first kappa shape index (κ1) is 21.5. The first-order chi connectivity index (χ1) is 16.6. The molecule has 2 aromatic heterocycles. The monoisotopic (exact) mass is 452 g/mol. The maximum atomic E-state index is 12.8. The number of aromatic amines is 2. The topological polar surface area (TPSA) is 103 Å². The van der Waals surface area contributed by atoms with Gasteiger partial charge in [0.25, 0.3) is 5.56 Å². The zero-order chi connectivity index (χ0) is 23.7. The SMILES string of the molecule is CCC(=NCCc1c[nH]c2ccccc12)c1c(O)n(-c2cccc3ccccc23)c(=O)[nH]c1=O. The summed E-state index contributed by atoms with van der Waals surface area (Å²) in [5.74, 6) is -0.405. The highest BCUT2D eigenvalue weighted by Crippen LogP contribution is 2.25. The fourth-order valence-electron chi connectivity index (χ4n) is 4.43. The molecule has 0 aliphatic carbocycles. The largest absolute Gasteiger partial charge is 0.493 e. The van der Waals surface area contributed by atoms with Gasteiger partial charge in [-0.3, -0.25) is 14.8 Å². The Labute approximate surface area is 195 Å². The summed E-state index contributed by atoms with van der Waals surface area (Å²) in [6.45, 7) is 2.31. The Morgan fingerprint density at radius 3 is 2.53 bits per heavy atom. The number of rotatable bonds is 6. The van der Waals surface area contributed by atoms with Crippen molar-refractivity contribution < 1.29 is 5.11 Å². The average molecular weight is 453 g/mol. The number of hydrogen-bond donors (Lipinski definition) is 3. The second-order valence-corrected chi connectivity index (χ2v) is 8.08. The van der Waals surface area contributed by atoms with Crippen molar-refractivity contribution in [2.75, 3.05) is 6.54 Å². The summed E-state index contributed by atoms with van der Waals surface area (Å²) in [6, 6.07) is 21.1. The van der Waals surface area contributed by atoms with Gasteiger partial charge in [-0.05, 0) is 35.9 Å². The van der Waals surface area contributed by atoms with E-state index in [-0.39, 0.29) is 5.56 Å². The standard InChI is InChI=1S/C27H24N4O3/c1-2-21(28-15-14-18-16-29-22-12-6-5-10-19(18)22)24-25(32)30-27(34)31(26(24)33)23-13-7-9-17-8-3-4-11-20(17)23/h3-13,16,29,33H,2,14-15H2,1H3,(H,30,32,34). The number of nitrogens with zero attached hydrogens (tertiary/aromatic N) is 2. The maximum Gasteiger partial charge on any atom is 0.335 e. The van der Waals surface area contributed by atoms with Crippen LogP contribution in [0.4, 0.5) is 0 Å². The Morgan fingerprint density at radius 2 is 1.71 bits per heavy atom. The van der Waals surface area contributed by atoms with E-state index in [0.717, 1.165) is 31.8 Å². The molecule has 7 nitrogen and oxygen atoms in total. The molecule has 5 rings (SSSR count). The minimum Gasteiger partial charge on any atom is -0.493 e. The van der Waals surface area contributed by atoms with Crippen LogP contribution in [0, 0.1) is 0 Å². The molecular weight excluding hydrogens is 428 g/mol. The van der Waals surface area contributed by atoms with Gasteiger partial charge in [0.1, 0.15) is 5.56 Å². The predicted molar refractivity (Wildman–Crippen MR) is 136 cm³/mol. The van der Waals surface area contributed by atoms with Crippen LogP contribution >= 0.6 is 0 Å². The molecule has 0 saturated carbocycles. The van der Waals surface area contributed by atoms with Crippen molar-refractivity contribution >= 4 is 27.4 Å². The van der Waals surface area contributed by atoms with E-state index in [9.17, 15) is 14.7 Å². The number of aromatic hydroxyl groups is 1. The summed E-state index contributed by atoms with van der Waals surface area (Å²) in [5.41, 5.74) is 1.82. The van der Waals surface area contributed by atoms with E-state index in [1.807, 2.05) is 67.7 Å². The van der Waals surface area contributed by atoms with Gasteiger partial charge in [0.15, 0.2) is 0 Å². The molecule has 2 heterocycles. The van der Waals surface area contributed by atoms with Crippen molar-refractivity contribution in [1.82, 2.24) is 14.5 Å². The van der Waals surface area contributed by atoms with Crippen LogP contribution in [-0.2, 0) is 6.42 Å². The molecule has 0 radical (unpaired) electrons. The number of fused-ring (bicyclic) bond motifs is 2. The number of H-pyrrole nitrogens is 2. The Morgan fingerprint density at radius 1 is 0.971 bits per heavy atom. The van der Waals surface area contributed by atoms with Gasteiger partial charge < -0.3 is 10.1 Å². The highest BCUT2D eigenvalue weighted by molar-refractivity contribution is 6.02. The molecule has 0 aliphatic heterocycles. The summed E-state index contributed by atoms with van der Waals surface area (Å²) in [5, 5.41) is 14.0. The third-order valence-corrected chi connectivity index (χ3v) is 6.08. The van der Waals surface area contributed by atoms with E-state index in [4.69, 9.17) is 0 Å². The second-order valence-electron chi connectivity index (χ2n) is 8.08. The van der Waals surface area contributed by atoms with Gasteiger partial charge in [-0.1, -0.05) is 61.5 Å². The third kappa shape index (κ3) is 3.71. The highest BCUT2D eigenvalue weighted by atomic mass is 16.3. The molecule has 0 fully saturated rings. The average Bonchev–Trinajstić information content (AvgIpc) is 3.26. The fraction of sp³-hybridized carbons (Fsp3) is 0.148. The molecule has 0 bridgehead atoms. The fourth-order valence-corrected chi connectivity index (χ4v) is 4.43. The molecule has 170 valence electrons. The van der Waals surface area contributed by atoms with Crippen LogP contribution in [-0.4, -0.2) is 31.9 Å². The van der Waals surface area contributed by atoms with E-state index < -0.39 is 17.1 Å². The molecule has 0 saturated heterocycles. The van der Waals surface area contributed by atoms with E-state index in [1.54, 1.807) is 6.07 Å². The number of benzene rings is 3. The van der Waals surface area contributed by atoms with Gasteiger partial charge in [0.05, 0.1) is 11.4 Å². The number of aromatic nitrogens is 3. The Bertz CT molecular complexity index is 1650. The van der Waals surface area contributed by atoms with E-state index >= 15 is 0 Å². The maximum absolute atomic E-state index is 12.8. The minimum absolute atomic E-state index is 0.0222. The summed E-state index contributed by atoms with van der Waals surface area (Å²) < 4.78 is 1.14. The zero-order valence-electron chi connectivity index (χ0n) is 18.7. The molecule has 0 unspecified atom stereocenters. The molecular formula is C27H24N4O3. The van der Waals surface area contributed by atoms with Gasteiger partial charge in [-0.2, -0.15) is 0 Å². The van der Waals surface area contributed by atoms with E-state index in [0.29, 0.717) is 30.8 Å².